The molecular weight excluding hydrogens is 262 g/mol. The first-order chi connectivity index (χ1) is 9.08. The van der Waals surface area contributed by atoms with Crippen LogP contribution in [0.1, 0.15) is 31.4 Å². The molecule has 106 valence electrons. The van der Waals surface area contributed by atoms with E-state index in [1.165, 1.54) is 6.42 Å². The molecule has 2 unspecified atom stereocenters. The highest BCUT2D eigenvalue weighted by atomic mass is 35.5. The predicted octanol–water partition coefficient (Wildman–Crippen LogP) is 3.26. The van der Waals surface area contributed by atoms with Gasteiger partial charge in [-0.15, -0.1) is 0 Å². The van der Waals surface area contributed by atoms with Crippen molar-refractivity contribution in [2.75, 3.05) is 31.7 Å². The SMILES string of the molecule is CC(O)c1ccc(N(C)CC2CCCOC2)cc1Cl. The lowest BCUT2D eigenvalue weighted by Crippen LogP contribution is -2.30. The van der Waals surface area contributed by atoms with Gasteiger partial charge in [-0.2, -0.15) is 0 Å². The van der Waals surface area contributed by atoms with E-state index < -0.39 is 6.10 Å². The molecule has 1 aliphatic heterocycles. The smallest absolute Gasteiger partial charge is 0.0776 e. The molecule has 0 aromatic heterocycles. The van der Waals surface area contributed by atoms with Crippen LogP contribution >= 0.6 is 11.6 Å². The summed E-state index contributed by atoms with van der Waals surface area (Å²) < 4.78 is 5.51. The molecule has 1 fully saturated rings. The Morgan fingerprint density at radius 2 is 2.32 bits per heavy atom. The van der Waals surface area contributed by atoms with Crippen molar-refractivity contribution in [1.82, 2.24) is 0 Å². The molecule has 2 rings (SSSR count). The lowest BCUT2D eigenvalue weighted by atomic mass is 10.0. The van der Waals surface area contributed by atoms with Crippen LogP contribution in [-0.2, 0) is 4.74 Å². The first kappa shape index (κ1) is 14.6. The fourth-order valence-electron chi connectivity index (χ4n) is 2.54. The summed E-state index contributed by atoms with van der Waals surface area (Å²) in [4.78, 5) is 2.21. The monoisotopic (exact) mass is 283 g/mol. The van der Waals surface area contributed by atoms with E-state index in [4.69, 9.17) is 16.3 Å². The first-order valence-electron chi connectivity index (χ1n) is 6.84. The zero-order chi connectivity index (χ0) is 13.8. The van der Waals surface area contributed by atoms with Crippen LogP contribution in [0.3, 0.4) is 0 Å². The van der Waals surface area contributed by atoms with E-state index >= 15 is 0 Å². The lowest BCUT2D eigenvalue weighted by molar-refractivity contribution is 0.0576. The molecule has 4 heteroatoms. The standard InChI is InChI=1S/C15H22ClNO2/c1-11(18)14-6-5-13(8-15(14)16)17(2)9-12-4-3-7-19-10-12/h5-6,8,11-12,18H,3-4,7,9-10H2,1-2H3. The topological polar surface area (TPSA) is 32.7 Å². The van der Waals surface area contributed by atoms with Gasteiger partial charge in [-0.3, -0.25) is 0 Å². The average Bonchev–Trinajstić information content (AvgIpc) is 2.39. The Labute approximate surface area is 120 Å². The molecule has 1 heterocycles. The molecular formula is C15H22ClNO2. The summed E-state index contributed by atoms with van der Waals surface area (Å²) in [6, 6.07) is 5.83. The van der Waals surface area contributed by atoms with E-state index in [1.807, 2.05) is 18.2 Å². The van der Waals surface area contributed by atoms with Crippen molar-refractivity contribution in [3.05, 3.63) is 28.8 Å². The number of ether oxygens (including phenoxy) is 1. The molecule has 3 nitrogen and oxygen atoms in total. The van der Waals surface area contributed by atoms with Crippen molar-refractivity contribution in [3.63, 3.8) is 0 Å². The summed E-state index contributed by atoms with van der Waals surface area (Å²) in [5.41, 5.74) is 1.86. The molecule has 1 aromatic carbocycles. The first-order valence-corrected chi connectivity index (χ1v) is 7.22. The molecule has 2 atom stereocenters. The Hall–Kier alpha value is -0.770. The summed E-state index contributed by atoms with van der Waals surface area (Å²) >= 11 is 6.20. The predicted molar refractivity (Wildman–Crippen MR) is 78.9 cm³/mol. The summed E-state index contributed by atoms with van der Waals surface area (Å²) in [6.45, 7) is 4.45. The molecule has 1 aromatic rings. The van der Waals surface area contributed by atoms with Crippen LogP contribution in [0, 0.1) is 5.92 Å². The van der Waals surface area contributed by atoms with E-state index in [9.17, 15) is 5.11 Å². The van der Waals surface area contributed by atoms with E-state index in [1.54, 1.807) is 6.92 Å². The summed E-state index contributed by atoms with van der Waals surface area (Å²) in [7, 11) is 2.07. The van der Waals surface area contributed by atoms with Gasteiger partial charge in [0, 0.05) is 30.9 Å². The van der Waals surface area contributed by atoms with Gasteiger partial charge in [-0.1, -0.05) is 17.7 Å². The van der Waals surface area contributed by atoms with Crippen molar-refractivity contribution in [1.29, 1.82) is 0 Å². The second-order valence-electron chi connectivity index (χ2n) is 5.35. The van der Waals surface area contributed by atoms with Crippen molar-refractivity contribution < 1.29 is 9.84 Å². The minimum Gasteiger partial charge on any atom is -0.389 e. The summed E-state index contributed by atoms with van der Waals surface area (Å²) in [6.07, 6.45) is 1.85. The van der Waals surface area contributed by atoms with Gasteiger partial charge in [0.25, 0.3) is 0 Å². The largest absolute Gasteiger partial charge is 0.389 e. The normalized spacial score (nSPS) is 21.2. The number of rotatable bonds is 4. The number of anilines is 1. The second-order valence-corrected chi connectivity index (χ2v) is 5.75. The van der Waals surface area contributed by atoms with Gasteiger partial charge < -0.3 is 14.7 Å². The third-order valence-electron chi connectivity index (χ3n) is 3.66. The molecule has 0 aliphatic carbocycles. The number of hydrogen-bond donors (Lipinski definition) is 1. The molecule has 0 amide bonds. The Balaban J connectivity index is 2.02. The highest BCUT2D eigenvalue weighted by Gasteiger charge is 2.17. The zero-order valence-electron chi connectivity index (χ0n) is 11.6. The maximum Gasteiger partial charge on any atom is 0.0776 e. The van der Waals surface area contributed by atoms with Gasteiger partial charge in [0.2, 0.25) is 0 Å². The van der Waals surface area contributed by atoms with Gasteiger partial charge in [0.05, 0.1) is 12.7 Å². The lowest BCUT2D eigenvalue weighted by Gasteiger charge is -2.28. The Kier molecular flexibility index (Phi) is 5.08. The highest BCUT2D eigenvalue weighted by Crippen LogP contribution is 2.28. The maximum absolute atomic E-state index is 9.58. The molecule has 0 radical (unpaired) electrons. The summed E-state index contributed by atoms with van der Waals surface area (Å²) in [5.74, 6) is 0.592. The van der Waals surface area contributed by atoms with Gasteiger partial charge in [-0.25, -0.2) is 0 Å². The number of hydrogen-bond acceptors (Lipinski definition) is 3. The van der Waals surface area contributed by atoms with Gasteiger partial charge in [0.1, 0.15) is 0 Å². The van der Waals surface area contributed by atoms with Crippen LogP contribution in [0.5, 0.6) is 0 Å². The molecule has 19 heavy (non-hydrogen) atoms. The van der Waals surface area contributed by atoms with E-state index in [0.717, 1.165) is 37.4 Å². The van der Waals surface area contributed by atoms with Crippen LogP contribution in [0.2, 0.25) is 5.02 Å². The molecule has 0 bridgehead atoms. The van der Waals surface area contributed by atoms with E-state index in [2.05, 4.69) is 11.9 Å². The molecule has 0 spiro atoms. The van der Waals surface area contributed by atoms with Crippen LogP contribution in [-0.4, -0.2) is 31.9 Å². The van der Waals surface area contributed by atoms with Crippen LogP contribution in [0.4, 0.5) is 5.69 Å². The quantitative estimate of drug-likeness (QED) is 0.921. The van der Waals surface area contributed by atoms with Gasteiger partial charge in [0.15, 0.2) is 0 Å². The third-order valence-corrected chi connectivity index (χ3v) is 3.99. The molecule has 0 saturated carbocycles. The number of nitrogens with zero attached hydrogens (tertiary/aromatic N) is 1. The fraction of sp³-hybridized carbons (Fsp3) is 0.600. The average molecular weight is 284 g/mol. The molecule has 1 aliphatic rings. The van der Waals surface area contributed by atoms with E-state index in [-0.39, 0.29) is 0 Å². The van der Waals surface area contributed by atoms with Gasteiger partial charge >= 0.3 is 0 Å². The Bertz CT molecular complexity index is 417. The van der Waals surface area contributed by atoms with Crippen molar-refractivity contribution in [2.45, 2.75) is 25.9 Å². The van der Waals surface area contributed by atoms with Crippen molar-refractivity contribution in [2.24, 2.45) is 5.92 Å². The van der Waals surface area contributed by atoms with Gasteiger partial charge in [-0.05, 0) is 43.4 Å². The molecule has 1 N–H and O–H groups in total. The number of aliphatic hydroxyl groups excluding tert-OH is 1. The second kappa shape index (κ2) is 6.60. The third kappa shape index (κ3) is 3.85. The van der Waals surface area contributed by atoms with Crippen molar-refractivity contribution >= 4 is 17.3 Å². The Morgan fingerprint density at radius 3 is 2.89 bits per heavy atom. The number of aliphatic hydroxyl groups is 1. The minimum atomic E-state index is -0.529. The van der Waals surface area contributed by atoms with Crippen molar-refractivity contribution in [3.8, 4) is 0 Å². The number of benzene rings is 1. The maximum atomic E-state index is 9.58. The van der Waals surface area contributed by atoms with Crippen LogP contribution in [0.15, 0.2) is 18.2 Å². The highest BCUT2D eigenvalue weighted by molar-refractivity contribution is 6.31. The van der Waals surface area contributed by atoms with E-state index in [0.29, 0.717) is 10.9 Å². The van der Waals surface area contributed by atoms with Crippen LogP contribution < -0.4 is 4.90 Å². The fourth-order valence-corrected chi connectivity index (χ4v) is 2.87. The summed E-state index contributed by atoms with van der Waals surface area (Å²) in [5, 5.41) is 10.2. The minimum absolute atomic E-state index is 0.529. The van der Waals surface area contributed by atoms with Crippen LogP contribution in [0.25, 0.3) is 0 Å². The number of halogens is 1. The Morgan fingerprint density at radius 1 is 1.53 bits per heavy atom. The zero-order valence-corrected chi connectivity index (χ0v) is 12.4. The molecule has 1 saturated heterocycles.